The van der Waals surface area contributed by atoms with Crippen LogP contribution >= 0.6 is 11.5 Å². The second kappa shape index (κ2) is 7.29. The lowest BCUT2D eigenvalue weighted by Crippen LogP contribution is -2.46. The fourth-order valence-corrected chi connectivity index (χ4v) is 3.95. The zero-order valence-corrected chi connectivity index (χ0v) is 14.8. The Labute approximate surface area is 145 Å². The van der Waals surface area contributed by atoms with Crippen LogP contribution in [0.5, 0.6) is 0 Å². The first-order valence-electron chi connectivity index (χ1n) is 8.23. The molecule has 7 nitrogen and oxygen atoms in total. The lowest BCUT2D eigenvalue weighted by atomic mass is 9.97. The van der Waals surface area contributed by atoms with E-state index in [0.29, 0.717) is 35.6 Å². The zero-order valence-electron chi connectivity index (χ0n) is 13.9. The van der Waals surface area contributed by atoms with Crippen molar-refractivity contribution in [2.24, 2.45) is 5.92 Å². The maximum atomic E-state index is 12.8. The SMILES string of the molecule is COC1=CC(=O)N(C(CC2CCCC2)C(=O)Nc2nc(C)ns2)C1. The minimum atomic E-state index is -0.506. The Kier molecular flexibility index (Phi) is 5.13. The van der Waals surface area contributed by atoms with Crippen LogP contribution in [0.2, 0.25) is 0 Å². The van der Waals surface area contributed by atoms with Gasteiger partial charge in [-0.05, 0) is 19.3 Å². The van der Waals surface area contributed by atoms with Crippen molar-refractivity contribution in [1.82, 2.24) is 14.3 Å². The number of hydrogen-bond acceptors (Lipinski definition) is 6. The molecule has 1 saturated carbocycles. The van der Waals surface area contributed by atoms with Gasteiger partial charge < -0.3 is 9.64 Å². The summed E-state index contributed by atoms with van der Waals surface area (Å²) in [6, 6.07) is -0.506. The van der Waals surface area contributed by atoms with E-state index >= 15 is 0 Å². The highest BCUT2D eigenvalue weighted by molar-refractivity contribution is 7.09. The van der Waals surface area contributed by atoms with Crippen LogP contribution in [-0.2, 0) is 14.3 Å². The average Bonchev–Trinajstić information content (AvgIpc) is 3.27. The van der Waals surface area contributed by atoms with E-state index in [1.807, 2.05) is 0 Å². The number of methoxy groups -OCH3 is 1. The number of amides is 2. The number of aromatic nitrogens is 2. The first kappa shape index (κ1) is 16.9. The summed E-state index contributed by atoms with van der Waals surface area (Å²) in [5.74, 6) is 1.34. The predicted molar refractivity (Wildman–Crippen MR) is 90.4 cm³/mol. The second-order valence-electron chi connectivity index (χ2n) is 6.32. The molecule has 2 heterocycles. The molecule has 0 aromatic carbocycles. The average molecular weight is 350 g/mol. The van der Waals surface area contributed by atoms with E-state index in [-0.39, 0.29) is 11.8 Å². The van der Waals surface area contributed by atoms with Gasteiger partial charge in [0.15, 0.2) is 0 Å². The molecule has 1 aliphatic carbocycles. The van der Waals surface area contributed by atoms with Gasteiger partial charge in [-0.1, -0.05) is 25.7 Å². The summed E-state index contributed by atoms with van der Waals surface area (Å²) >= 11 is 1.15. The van der Waals surface area contributed by atoms with E-state index in [4.69, 9.17) is 4.74 Å². The first-order valence-corrected chi connectivity index (χ1v) is 9.00. The van der Waals surface area contributed by atoms with Crippen molar-refractivity contribution in [3.05, 3.63) is 17.7 Å². The third kappa shape index (κ3) is 3.75. The van der Waals surface area contributed by atoms with Crippen molar-refractivity contribution in [1.29, 1.82) is 0 Å². The van der Waals surface area contributed by atoms with E-state index in [2.05, 4.69) is 14.7 Å². The number of ether oxygens (including phenoxy) is 1. The molecule has 8 heteroatoms. The molecule has 1 unspecified atom stereocenters. The molecule has 1 aliphatic heterocycles. The molecule has 0 bridgehead atoms. The number of aryl methyl sites for hydroxylation is 1. The van der Waals surface area contributed by atoms with Crippen molar-refractivity contribution in [2.45, 2.75) is 45.1 Å². The fourth-order valence-electron chi connectivity index (χ4n) is 3.37. The number of carbonyl (C=O) groups is 2. The molecule has 3 rings (SSSR count). The molecule has 1 atom stereocenters. The van der Waals surface area contributed by atoms with E-state index < -0.39 is 6.04 Å². The van der Waals surface area contributed by atoms with Gasteiger partial charge in [-0.3, -0.25) is 14.9 Å². The second-order valence-corrected chi connectivity index (χ2v) is 7.07. The van der Waals surface area contributed by atoms with Crippen LogP contribution in [0.3, 0.4) is 0 Å². The van der Waals surface area contributed by atoms with Crippen molar-refractivity contribution in [3.63, 3.8) is 0 Å². The molecule has 24 heavy (non-hydrogen) atoms. The number of anilines is 1. The van der Waals surface area contributed by atoms with Crippen LogP contribution in [0.25, 0.3) is 0 Å². The van der Waals surface area contributed by atoms with Crippen molar-refractivity contribution >= 4 is 28.5 Å². The van der Waals surface area contributed by atoms with Crippen molar-refractivity contribution in [3.8, 4) is 0 Å². The van der Waals surface area contributed by atoms with Crippen molar-refractivity contribution in [2.75, 3.05) is 19.0 Å². The van der Waals surface area contributed by atoms with Crippen LogP contribution in [0, 0.1) is 12.8 Å². The van der Waals surface area contributed by atoms with Gasteiger partial charge in [0.2, 0.25) is 11.0 Å². The Bertz CT molecular complexity index is 652. The molecule has 1 fully saturated rings. The summed E-state index contributed by atoms with van der Waals surface area (Å²) in [6.07, 6.45) is 6.78. The molecular weight excluding hydrogens is 328 g/mol. The largest absolute Gasteiger partial charge is 0.499 e. The molecule has 0 saturated heterocycles. The number of nitrogens with one attached hydrogen (secondary N) is 1. The van der Waals surface area contributed by atoms with E-state index in [0.717, 1.165) is 24.4 Å². The highest BCUT2D eigenvalue weighted by Gasteiger charge is 2.36. The molecule has 0 spiro atoms. The quantitative estimate of drug-likeness (QED) is 0.849. The van der Waals surface area contributed by atoms with Gasteiger partial charge in [0.05, 0.1) is 13.7 Å². The maximum Gasteiger partial charge on any atom is 0.251 e. The van der Waals surface area contributed by atoms with Crippen LogP contribution in [-0.4, -0.2) is 45.8 Å². The minimum Gasteiger partial charge on any atom is -0.499 e. The Hall–Kier alpha value is -1.96. The monoisotopic (exact) mass is 350 g/mol. The highest BCUT2D eigenvalue weighted by atomic mass is 32.1. The smallest absolute Gasteiger partial charge is 0.251 e. The van der Waals surface area contributed by atoms with Gasteiger partial charge in [0.25, 0.3) is 5.91 Å². The topological polar surface area (TPSA) is 84.4 Å². The van der Waals surface area contributed by atoms with Crippen molar-refractivity contribution < 1.29 is 14.3 Å². The Morgan fingerprint density at radius 1 is 1.50 bits per heavy atom. The standard InChI is InChI=1S/C16H22N4O3S/c1-10-17-16(24-19-10)18-15(22)13(7-11-5-3-4-6-11)20-9-12(23-2)8-14(20)21/h8,11,13H,3-7,9H2,1-2H3,(H,17,18,19,22). The normalized spacial score (nSPS) is 19.5. The van der Waals surface area contributed by atoms with Gasteiger partial charge in [-0.15, -0.1) is 0 Å². The summed E-state index contributed by atoms with van der Waals surface area (Å²) in [7, 11) is 1.54. The fraction of sp³-hybridized carbons (Fsp3) is 0.625. The van der Waals surface area contributed by atoms with Crippen LogP contribution in [0.4, 0.5) is 5.13 Å². The van der Waals surface area contributed by atoms with Crippen LogP contribution < -0.4 is 5.32 Å². The summed E-state index contributed by atoms with van der Waals surface area (Å²) < 4.78 is 9.25. The Balaban J connectivity index is 1.73. The molecule has 2 aliphatic rings. The molecule has 1 N–H and O–H groups in total. The number of hydrogen-bond donors (Lipinski definition) is 1. The van der Waals surface area contributed by atoms with Gasteiger partial charge >= 0.3 is 0 Å². The van der Waals surface area contributed by atoms with Crippen LogP contribution in [0.1, 0.15) is 37.9 Å². The van der Waals surface area contributed by atoms with E-state index in [1.54, 1.807) is 18.9 Å². The van der Waals surface area contributed by atoms with E-state index in [9.17, 15) is 9.59 Å². The maximum absolute atomic E-state index is 12.8. The third-order valence-electron chi connectivity index (χ3n) is 4.62. The summed E-state index contributed by atoms with van der Waals surface area (Å²) in [4.78, 5) is 30.9. The molecule has 1 aromatic heterocycles. The van der Waals surface area contributed by atoms with Crippen LogP contribution in [0.15, 0.2) is 11.8 Å². The van der Waals surface area contributed by atoms with Gasteiger partial charge in [0.1, 0.15) is 17.6 Å². The Morgan fingerprint density at radius 2 is 2.25 bits per heavy atom. The lowest BCUT2D eigenvalue weighted by Gasteiger charge is -2.28. The molecule has 130 valence electrons. The summed E-state index contributed by atoms with van der Waals surface area (Å²) in [5.41, 5.74) is 0. The lowest BCUT2D eigenvalue weighted by molar-refractivity contribution is -0.134. The minimum absolute atomic E-state index is 0.168. The molecule has 1 aromatic rings. The first-order chi connectivity index (χ1) is 11.6. The van der Waals surface area contributed by atoms with Gasteiger partial charge in [-0.2, -0.15) is 4.37 Å². The number of rotatable bonds is 6. The molecular formula is C16H22N4O3S. The zero-order chi connectivity index (χ0) is 17.1. The molecule has 0 radical (unpaired) electrons. The number of nitrogens with zero attached hydrogens (tertiary/aromatic N) is 3. The predicted octanol–water partition coefficient (Wildman–Crippen LogP) is 2.11. The summed E-state index contributed by atoms with van der Waals surface area (Å²) in [6.45, 7) is 2.12. The number of carbonyl (C=O) groups excluding carboxylic acids is 2. The summed E-state index contributed by atoms with van der Waals surface area (Å²) in [5, 5.41) is 3.29. The highest BCUT2D eigenvalue weighted by Crippen LogP contribution is 2.31. The van der Waals surface area contributed by atoms with Gasteiger partial charge in [-0.25, -0.2) is 4.98 Å². The molecule has 2 amide bonds. The Morgan fingerprint density at radius 3 is 2.83 bits per heavy atom. The van der Waals surface area contributed by atoms with E-state index in [1.165, 1.54) is 18.9 Å². The third-order valence-corrected chi connectivity index (χ3v) is 5.35. The van der Waals surface area contributed by atoms with Gasteiger partial charge in [0, 0.05) is 17.6 Å².